The predicted octanol–water partition coefficient (Wildman–Crippen LogP) is 3.76. The van der Waals surface area contributed by atoms with Gasteiger partial charge in [0.1, 0.15) is 19.3 Å². The van der Waals surface area contributed by atoms with Crippen molar-refractivity contribution in [2.24, 2.45) is 0 Å². The molecule has 172 valence electrons. The zero-order valence-electron chi connectivity index (χ0n) is 19.3. The number of amides is 2. The first kappa shape index (κ1) is 23.6. The lowest BCUT2D eigenvalue weighted by Gasteiger charge is -2.30. The average molecular weight is 439 g/mol. The molecule has 1 N–H and O–H groups in total. The van der Waals surface area contributed by atoms with Gasteiger partial charge in [0.2, 0.25) is 11.8 Å². The van der Waals surface area contributed by atoms with Crippen LogP contribution in [0.4, 0.5) is 0 Å². The van der Waals surface area contributed by atoms with E-state index in [1.165, 1.54) is 0 Å². The fourth-order valence-corrected chi connectivity index (χ4v) is 3.67. The van der Waals surface area contributed by atoms with Crippen molar-refractivity contribution in [3.63, 3.8) is 0 Å². The molecular weight excluding hydrogens is 404 g/mol. The van der Waals surface area contributed by atoms with Crippen LogP contribution in [-0.2, 0) is 22.4 Å². The van der Waals surface area contributed by atoms with Gasteiger partial charge in [-0.05, 0) is 56.4 Å². The number of benzene rings is 2. The fraction of sp³-hybridized carbons (Fsp3) is 0.462. The Morgan fingerprint density at radius 1 is 0.969 bits per heavy atom. The molecule has 6 heteroatoms. The lowest BCUT2D eigenvalue weighted by Crippen LogP contribution is -2.50. The third-order valence-electron chi connectivity index (χ3n) is 5.89. The molecule has 2 aromatic rings. The minimum Gasteiger partial charge on any atom is -0.486 e. The van der Waals surface area contributed by atoms with Crippen LogP contribution in [-0.4, -0.2) is 48.6 Å². The Labute approximate surface area is 190 Å². The van der Waals surface area contributed by atoms with Crippen LogP contribution in [0.2, 0.25) is 0 Å². The van der Waals surface area contributed by atoms with E-state index in [0.29, 0.717) is 39.0 Å². The third kappa shape index (κ3) is 6.49. The summed E-state index contributed by atoms with van der Waals surface area (Å²) >= 11 is 0. The maximum Gasteiger partial charge on any atom is 0.242 e. The van der Waals surface area contributed by atoms with E-state index < -0.39 is 6.04 Å². The Morgan fingerprint density at radius 2 is 1.69 bits per heavy atom. The van der Waals surface area contributed by atoms with Crippen LogP contribution >= 0.6 is 0 Å². The van der Waals surface area contributed by atoms with Gasteiger partial charge < -0.3 is 19.7 Å². The fourth-order valence-electron chi connectivity index (χ4n) is 3.67. The molecule has 32 heavy (non-hydrogen) atoms. The third-order valence-corrected chi connectivity index (χ3v) is 5.89. The molecule has 1 aliphatic heterocycles. The zero-order valence-corrected chi connectivity index (χ0v) is 19.3. The topological polar surface area (TPSA) is 67.9 Å². The second kappa shape index (κ2) is 11.6. The maximum atomic E-state index is 13.2. The van der Waals surface area contributed by atoms with E-state index in [4.69, 9.17) is 9.47 Å². The molecule has 6 nitrogen and oxygen atoms in total. The van der Waals surface area contributed by atoms with Crippen LogP contribution in [0.3, 0.4) is 0 Å². The SMILES string of the molecule is CC[C@H](C)NC(=O)[C@H](C)N(CCc1ccccc1)C(=O)CCc1ccc2c(c1)OCCO2. The van der Waals surface area contributed by atoms with Crippen molar-refractivity contribution in [1.29, 1.82) is 0 Å². The average Bonchev–Trinajstić information content (AvgIpc) is 2.83. The van der Waals surface area contributed by atoms with Gasteiger partial charge in [0, 0.05) is 19.0 Å². The van der Waals surface area contributed by atoms with Crippen molar-refractivity contribution in [3.8, 4) is 11.5 Å². The first-order valence-electron chi connectivity index (χ1n) is 11.5. The van der Waals surface area contributed by atoms with Crippen LogP contribution < -0.4 is 14.8 Å². The van der Waals surface area contributed by atoms with Gasteiger partial charge in [-0.1, -0.05) is 43.3 Å². The molecule has 0 saturated carbocycles. The van der Waals surface area contributed by atoms with E-state index in [-0.39, 0.29) is 17.9 Å². The van der Waals surface area contributed by atoms with Gasteiger partial charge >= 0.3 is 0 Å². The molecule has 0 unspecified atom stereocenters. The largest absolute Gasteiger partial charge is 0.486 e. The molecule has 1 aliphatic rings. The van der Waals surface area contributed by atoms with Gasteiger partial charge in [0.15, 0.2) is 11.5 Å². The van der Waals surface area contributed by atoms with Gasteiger partial charge in [-0.3, -0.25) is 9.59 Å². The van der Waals surface area contributed by atoms with E-state index in [0.717, 1.165) is 29.0 Å². The number of carbonyl (C=O) groups is 2. The Bertz CT molecular complexity index is 900. The highest BCUT2D eigenvalue weighted by Gasteiger charge is 2.26. The molecule has 0 fully saturated rings. The summed E-state index contributed by atoms with van der Waals surface area (Å²) in [7, 11) is 0. The van der Waals surface area contributed by atoms with Crippen LogP contribution in [0.5, 0.6) is 11.5 Å². The summed E-state index contributed by atoms with van der Waals surface area (Å²) in [6.45, 7) is 7.40. The van der Waals surface area contributed by atoms with Gasteiger partial charge in [-0.25, -0.2) is 0 Å². The molecule has 2 amide bonds. The zero-order chi connectivity index (χ0) is 22.9. The molecule has 0 spiro atoms. The van der Waals surface area contributed by atoms with E-state index in [9.17, 15) is 9.59 Å². The Kier molecular flexibility index (Phi) is 8.54. The van der Waals surface area contributed by atoms with Crippen LogP contribution in [0, 0.1) is 0 Å². The minimum atomic E-state index is -0.527. The smallest absolute Gasteiger partial charge is 0.242 e. The molecule has 3 rings (SSSR count). The lowest BCUT2D eigenvalue weighted by atomic mass is 10.1. The molecule has 1 heterocycles. The summed E-state index contributed by atoms with van der Waals surface area (Å²) in [6, 6.07) is 15.4. The molecule has 2 atom stereocenters. The first-order valence-corrected chi connectivity index (χ1v) is 11.5. The van der Waals surface area contributed by atoms with Crippen molar-refractivity contribution in [2.75, 3.05) is 19.8 Å². The molecular formula is C26H34N2O4. The number of hydrogen-bond donors (Lipinski definition) is 1. The van der Waals surface area contributed by atoms with E-state index in [1.54, 1.807) is 4.90 Å². The number of nitrogens with one attached hydrogen (secondary N) is 1. The second-order valence-electron chi connectivity index (χ2n) is 8.29. The number of aryl methyl sites for hydroxylation is 1. The van der Waals surface area contributed by atoms with Crippen molar-refractivity contribution >= 4 is 11.8 Å². The summed E-state index contributed by atoms with van der Waals surface area (Å²) in [5.41, 5.74) is 2.16. The number of nitrogens with zero attached hydrogens (tertiary/aromatic N) is 1. The first-order chi connectivity index (χ1) is 15.5. The quantitative estimate of drug-likeness (QED) is 0.613. The summed E-state index contributed by atoms with van der Waals surface area (Å²) in [5, 5.41) is 3.01. The number of fused-ring (bicyclic) bond motifs is 1. The minimum absolute atomic E-state index is 0.0254. The highest BCUT2D eigenvalue weighted by atomic mass is 16.6. The highest BCUT2D eigenvalue weighted by molar-refractivity contribution is 5.87. The summed E-state index contributed by atoms with van der Waals surface area (Å²) in [6.07, 6.45) is 2.46. The van der Waals surface area contributed by atoms with E-state index in [1.807, 2.05) is 69.3 Å². The van der Waals surface area contributed by atoms with Crippen LogP contribution in [0.15, 0.2) is 48.5 Å². The maximum absolute atomic E-state index is 13.2. The van der Waals surface area contributed by atoms with Crippen molar-refractivity contribution < 1.29 is 19.1 Å². The molecule has 0 radical (unpaired) electrons. The van der Waals surface area contributed by atoms with Crippen molar-refractivity contribution in [3.05, 3.63) is 59.7 Å². The molecule has 0 aromatic heterocycles. The van der Waals surface area contributed by atoms with Crippen LogP contribution in [0.1, 0.15) is 44.7 Å². The van der Waals surface area contributed by atoms with E-state index in [2.05, 4.69) is 5.32 Å². The van der Waals surface area contributed by atoms with Gasteiger partial charge in [0.05, 0.1) is 0 Å². The number of carbonyl (C=O) groups excluding carboxylic acids is 2. The summed E-state index contributed by atoms with van der Waals surface area (Å²) in [5.74, 6) is 1.33. The molecule has 2 aromatic carbocycles. The molecule has 0 aliphatic carbocycles. The normalized spacial score (nSPS) is 14.3. The van der Waals surface area contributed by atoms with Crippen molar-refractivity contribution in [1.82, 2.24) is 10.2 Å². The Hall–Kier alpha value is -3.02. The lowest BCUT2D eigenvalue weighted by molar-refractivity contribution is -0.140. The second-order valence-corrected chi connectivity index (χ2v) is 8.29. The van der Waals surface area contributed by atoms with Gasteiger partial charge in [-0.15, -0.1) is 0 Å². The molecule has 0 bridgehead atoms. The van der Waals surface area contributed by atoms with Crippen molar-refractivity contribution in [2.45, 2.75) is 58.5 Å². The summed E-state index contributed by atoms with van der Waals surface area (Å²) in [4.78, 5) is 27.7. The van der Waals surface area contributed by atoms with Crippen LogP contribution in [0.25, 0.3) is 0 Å². The monoisotopic (exact) mass is 438 g/mol. The Balaban J connectivity index is 1.66. The van der Waals surface area contributed by atoms with E-state index >= 15 is 0 Å². The number of rotatable bonds is 10. The Morgan fingerprint density at radius 3 is 2.41 bits per heavy atom. The predicted molar refractivity (Wildman–Crippen MR) is 125 cm³/mol. The number of ether oxygens (including phenoxy) is 2. The number of hydrogen-bond acceptors (Lipinski definition) is 4. The summed E-state index contributed by atoms with van der Waals surface area (Å²) < 4.78 is 11.2. The molecule has 0 saturated heterocycles. The van der Waals surface area contributed by atoms with Gasteiger partial charge in [0.25, 0.3) is 0 Å². The standard InChI is InChI=1S/C26H34N2O4/c1-4-19(2)27-26(30)20(3)28(15-14-21-8-6-5-7-9-21)25(29)13-11-22-10-12-23-24(18-22)32-17-16-31-23/h5-10,12,18-20H,4,11,13-17H2,1-3H3,(H,27,30)/t19-,20-/m0/s1. The van der Waals surface area contributed by atoms with Gasteiger partial charge in [-0.2, -0.15) is 0 Å². The highest BCUT2D eigenvalue weighted by Crippen LogP contribution is 2.31.